The van der Waals surface area contributed by atoms with Gasteiger partial charge in [0.1, 0.15) is 19.8 Å². The normalized spacial score (nSPS) is 9.81. The highest BCUT2D eigenvalue weighted by molar-refractivity contribution is 5.04. The van der Waals surface area contributed by atoms with Gasteiger partial charge >= 0.3 is 0 Å². The Kier molecular flexibility index (Phi) is 28.6. The first-order valence-electron chi connectivity index (χ1n) is 7.10. The van der Waals surface area contributed by atoms with Crippen molar-refractivity contribution in [1.29, 1.82) is 0 Å². The largest absolute Gasteiger partial charge is 0.384 e. The highest BCUT2D eigenvalue weighted by atomic mass is 16.7. The Labute approximate surface area is 154 Å². The maximum atomic E-state index is 8.79. The number of methoxy groups -OCH3 is 5. The Balaban J connectivity index is -0.000000319. The van der Waals surface area contributed by atoms with Gasteiger partial charge in [0.15, 0.2) is 0 Å². The Hall–Kier alpha value is -1.68. The number of rotatable bonds is 5. The average Bonchev–Trinajstić information content (AvgIpc) is 2.68. The molecule has 0 aromatic carbocycles. The van der Waals surface area contributed by atoms with Crippen LogP contribution in [0, 0.1) is 35.5 Å². The molecule has 0 bridgehead atoms. The molecule has 150 valence electrons. The Morgan fingerprint density at radius 1 is 0.577 bits per heavy atom. The predicted molar refractivity (Wildman–Crippen MR) is 93.2 cm³/mol. The Morgan fingerprint density at radius 2 is 0.962 bits per heavy atom. The summed E-state index contributed by atoms with van der Waals surface area (Å²) >= 11 is 0. The third-order valence-corrected chi connectivity index (χ3v) is 1.99. The van der Waals surface area contributed by atoms with Crippen LogP contribution in [0.2, 0.25) is 0 Å². The molecule has 9 heteroatoms. The van der Waals surface area contributed by atoms with Crippen molar-refractivity contribution >= 4 is 0 Å². The monoisotopic (exact) mass is 376 g/mol. The minimum absolute atomic E-state index is 0.163. The molecule has 0 amide bonds. The predicted octanol–water partition coefficient (Wildman–Crippen LogP) is -1.85. The lowest BCUT2D eigenvalue weighted by atomic mass is 10.5. The van der Waals surface area contributed by atoms with Gasteiger partial charge in [0.25, 0.3) is 0 Å². The summed E-state index contributed by atoms with van der Waals surface area (Å²) in [4.78, 5) is 0. The van der Waals surface area contributed by atoms with Crippen LogP contribution in [-0.2, 0) is 23.7 Å². The summed E-state index contributed by atoms with van der Waals surface area (Å²) in [6, 6.07) is 0. The number of hydrogen-bond acceptors (Lipinski definition) is 9. The summed E-state index contributed by atoms with van der Waals surface area (Å²) in [5.74, 6) is 14.3. The number of hydrogen-bond donors (Lipinski definition) is 4. The molecule has 26 heavy (non-hydrogen) atoms. The quantitative estimate of drug-likeness (QED) is 0.323. The Bertz CT molecular complexity index is 446. The minimum Gasteiger partial charge on any atom is -0.384 e. The molecule has 0 saturated heterocycles. The van der Waals surface area contributed by atoms with Gasteiger partial charge in [-0.2, -0.15) is 0 Å². The van der Waals surface area contributed by atoms with Crippen molar-refractivity contribution in [3.63, 3.8) is 0 Å². The molecule has 4 N–H and O–H groups in total. The molecule has 0 aromatic rings. The van der Waals surface area contributed by atoms with Crippen LogP contribution in [0.3, 0.4) is 0 Å². The second kappa shape index (κ2) is 25.6. The minimum atomic E-state index is -1.08. The fourth-order valence-electron chi connectivity index (χ4n) is 0.867. The van der Waals surface area contributed by atoms with E-state index in [1.165, 1.54) is 35.5 Å². The molecule has 0 aliphatic rings. The lowest BCUT2D eigenvalue weighted by molar-refractivity contribution is -0.0616. The van der Waals surface area contributed by atoms with E-state index in [9.17, 15) is 0 Å². The van der Waals surface area contributed by atoms with E-state index in [1.807, 2.05) is 0 Å². The third kappa shape index (κ3) is 24.6. The second-order valence-corrected chi connectivity index (χ2v) is 3.63. The van der Waals surface area contributed by atoms with Gasteiger partial charge in [0, 0.05) is 35.5 Å². The van der Waals surface area contributed by atoms with E-state index in [2.05, 4.69) is 40.3 Å². The topological polar surface area (TPSA) is 127 Å². The molecule has 1 unspecified atom stereocenters. The fourth-order valence-corrected chi connectivity index (χ4v) is 0.867. The second-order valence-electron chi connectivity index (χ2n) is 3.63. The Morgan fingerprint density at radius 3 is 1.27 bits per heavy atom. The molecule has 0 aliphatic carbocycles. The van der Waals surface area contributed by atoms with E-state index in [0.717, 1.165) is 0 Å². The SMILES string of the molecule is COC(C#CCO)OC.COC(O)C#CC(OC)OC.OCC#CCO. The van der Waals surface area contributed by atoms with Gasteiger partial charge in [0.05, 0.1) is 0 Å². The maximum Gasteiger partial charge on any atom is 0.222 e. The summed E-state index contributed by atoms with van der Waals surface area (Å²) < 4.78 is 23.3. The summed E-state index contributed by atoms with van der Waals surface area (Å²) in [5.41, 5.74) is 0. The molecule has 1 atom stereocenters. The van der Waals surface area contributed by atoms with Crippen LogP contribution >= 0.6 is 0 Å². The summed E-state index contributed by atoms with van der Waals surface area (Å²) in [5, 5.41) is 32.8. The van der Waals surface area contributed by atoms with Crippen molar-refractivity contribution in [3.05, 3.63) is 0 Å². The first-order chi connectivity index (χ1) is 12.5. The van der Waals surface area contributed by atoms with Gasteiger partial charge < -0.3 is 44.1 Å². The van der Waals surface area contributed by atoms with Crippen molar-refractivity contribution in [2.75, 3.05) is 55.4 Å². The molecule has 0 saturated carbocycles. The number of ether oxygens (including phenoxy) is 5. The highest BCUT2D eigenvalue weighted by Gasteiger charge is 1.98. The fraction of sp³-hybridized carbons (Fsp3) is 0.647. The summed E-state index contributed by atoms with van der Waals surface area (Å²) in [6.45, 7) is -0.496. The molecule has 9 nitrogen and oxygen atoms in total. The van der Waals surface area contributed by atoms with Gasteiger partial charge in [-0.25, -0.2) is 0 Å². The van der Waals surface area contributed by atoms with Gasteiger partial charge in [-0.3, -0.25) is 0 Å². The molecule has 0 heterocycles. The van der Waals surface area contributed by atoms with Gasteiger partial charge in [-0.15, -0.1) is 0 Å². The molecular formula is C17H28O9. The van der Waals surface area contributed by atoms with Gasteiger partial charge in [0.2, 0.25) is 18.9 Å². The highest BCUT2D eigenvalue weighted by Crippen LogP contribution is 1.88. The van der Waals surface area contributed by atoms with E-state index >= 15 is 0 Å². The van der Waals surface area contributed by atoms with Crippen molar-refractivity contribution < 1.29 is 44.1 Å². The molecule has 0 fully saturated rings. The van der Waals surface area contributed by atoms with Crippen molar-refractivity contribution in [1.82, 2.24) is 0 Å². The molecular weight excluding hydrogens is 348 g/mol. The number of aliphatic hydroxyl groups excluding tert-OH is 4. The van der Waals surface area contributed by atoms with Crippen molar-refractivity contribution in [2.24, 2.45) is 0 Å². The van der Waals surface area contributed by atoms with E-state index in [0.29, 0.717) is 0 Å². The smallest absolute Gasteiger partial charge is 0.222 e. The number of aliphatic hydroxyl groups is 4. The maximum absolute atomic E-state index is 8.79. The zero-order valence-electron chi connectivity index (χ0n) is 15.7. The average molecular weight is 376 g/mol. The molecule has 0 aromatic heterocycles. The van der Waals surface area contributed by atoms with E-state index in [1.54, 1.807) is 0 Å². The van der Waals surface area contributed by atoms with E-state index in [4.69, 9.17) is 39.4 Å². The van der Waals surface area contributed by atoms with Gasteiger partial charge in [-0.1, -0.05) is 17.8 Å². The third-order valence-electron chi connectivity index (χ3n) is 1.99. The first kappa shape index (κ1) is 29.1. The molecule has 0 aliphatic heterocycles. The first-order valence-corrected chi connectivity index (χ1v) is 7.10. The van der Waals surface area contributed by atoms with Crippen LogP contribution < -0.4 is 0 Å². The van der Waals surface area contributed by atoms with Crippen LogP contribution in [0.15, 0.2) is 0 Å². The lowest BCUT2D eigenvalue weighted by Crippen LogP contribution is -2.12. The van der Waals surface area contributed by atoms with E-state index in [-0.39, 0.29) is 19.8 Å². The van der Waals surface area contributed by atoms with Crippen molar-refractivity contribution in [2.45, 2.75) is 18.9 Å². The molecule has 0 spiro atoms. The van der Waals surface area contributed by atoms with Crippen LogP contribution in [0.5, 0.6) is 0 Å². The van der Waals surface area contributed by atoms with Crippen LogP contribution in [0.1, 0.15) is 0 Å². The summed E-state index contributed by atoms with van der Waals surface area (Å²) in [6.07, 6.45) is -2.21. The summed E-state index contributed by atoms with van der Waals surface area (Å²) in [7, 11) is 7.25. The molecule has 0 rings (SSSR count). The lowest BCUT2D eigenvalue weighted by Gasteiger charge is -2.04. The van der Waals surface area contributed by atoms with Crippen LogP contribution in [-0.4, -0.2) is 94.7 Å². The van der Waals surface area contributed by atoms with E-state index < -0.39 is 18.9 Å². The van der Waals surface area contributed by atoms with Crippen LogP contribution in [0.4, 0.5) is 0 Å². The zero-order valence-corrected chi connectivity index (χ0v) is 15.7. The molecule has 0 radical (unpaired) electrons. The van der Waals surface area contributed by atoms with Crippen molar-refractivity contribution in [3.8, 4) is 35.5 Å². The van der Waals surface area contributed by atoms with Gasteiger partial charge in [-0.05, 0) is 17.8 Å². The standard InChI is InChI=1S/C7H12O4.C6H10O3.C4H6O2/c1-9-6(8)4-5-7(10-2)11-3;1-8-6(9-2)4-3-5-7;5-3-1-2-4-6/h6-8H,1-3H3;6-7H,5H2,1-2H3;5-6H,3-4H2. The zero-order chi connectivity index (χ0) is 20.6. The van der Waals surface area contributed by atoms with Crippen LogP contribution in [0.25, 0.3) is 0 Å².